The molecule has 0 fully saturated rings. The Morgan fingerprint density at radius 2 is 1.81 bits per heavy atom. The number of carboxylic acid groups (broad SMARTS) is 1. The Morgan fingerprint density at radius 1 is 1.10 bits per heavy atom. The van der Waals surface area contributed by atoms with Crippen LogP contribution in [0.1, 0.15) is 22.8 Å². The first kappa shape index (κ1) is 22.9. The predicted molar refractivity (Wildman–Crippen MR) is 124 cm³/mol. The third-order valence-corrected chi connectivity index (χ3v) is 8.18. The molecule has 3 N–H and O–H groups in total. The van der Waals surface area contributed by atoms with Crippen LogP contribution in [0, 0.1) is 6.92 Å². The van der Waals surface area contributed by atoms with Crippen molar-refractivity contribution in [3.8, 4) is 0 Å². The first-order valence-electron chi connectivity index (χ1n) is 9.13. The molecule has 0 saturated heterocycles. The maximum atomic E-state index is 12.6. The lowest BCUT2D eigenvalue weighted by Gasteiger charge is -2.14. The third-order valence-electron chi connectivity index (χ3n) is 4.29. The molecule has 0 bridgehead atoms. The van der Waals surface area contributed by atoms with Gasteiger partial charge in [-0.25, -0.2) is 13.2 Å². The highest BCUT2D eigenvalue weighted by Crippen LogP contribution is 2.27. The minimum absolute atomic E-state index is 0.0989. The van der Waals surface area contributed by atoms with Crippen LogP contribution in [0.3, 0.4) is 0 Å². The van der Waals surface area contributed by atoms with Crippen molar-refractivity contribution in [3.05, 3.63) is 71.1 Å². The van der Waals surface area contributed by atoms with E-state index in [0.29, 0.717) is 11.4 Å². The minimum atomic E-state index is -3.61. The van der Waals surface area contributed by atoms with E-state index in [0.717, 1.165) is 21.8 Å². The van der Waals surface area contributed by atoms with Gasteiger partial charge in [-0.15, -0.1) is 23.1 Å². The normalized spacial score (nSPS) is 12.2. The lowest BCUT2D eigenvalue weighted by Crippen LogP contribution is -2.23. The molecule has 10 heteroatoms. The number of hydrogen-bond donors (Lipinski definition) is 3. The van der Waals surface area contributed by atoms with Gasteiger partial charge in [-0.2, -0.15) is 0 Å². The van der Waals surface area contributed by atoms with Crippen LogP contribution in [-0.4, -0.2) is 30.7 Å². The van der Waals surface area contributed by atoms with Crippen molar-refractivity contribution in [3.63, 3.8) is 0 Å². The number of thiophene rings is 1. The topological polar surface area (TPSA) is 113 Å². The van der Waals surface area contributed by atoms with E-state index >= 15 is 0 Å². The van der Waals surface area contributed by atoms with Crippen LogP contribution in [0.25, 0.3) is 0 Å². The van der Waals surface area contributed by atoms with Gasteiger partial charge in [0, 0.05) is 16.3 Å². The van der Waals surface area contributed by atoms with Gasteiger partial charge in [0.25, 0.3) is 10.0 Å². The number of aromatic carboxylic acids is 1. The maximum Gasteiger partial charge on any atom is 0.335 e. The van der Waals surface area contributed by atoms with Gasteiger partial charge in [-0.1, -0.05) is 12.1 Å². The number of nitrogens with one attached hydrogen (secondary N) is 2. The molecule has 1 atom stereocenters. The Labute approximate surface area is 188 Å². The molecule has 1 unspecified atom stereocenters. The largest absolute Gasteiger partial charge is 0.478 e. The molecule has 0 saturated carbocycles. The van der Waals surface area contributed by atoms with Crippen LogP contribution in [0.2, 0.25) is 0 Å². The second kappa shape index (κ2) is 9.54. The van der Waals surface area contributed by atoms with Gasteiger partial charge in [0.05, 0.1) is 10.8 Å². The highest BCUT2D eigenvalue weighted by molar-refractivity contribution is 8.00. The van der Waals surface area contributed by atoms with Crippen molar-refractivity contribution < 1.29 is 23.1 Å². The number of aryl methyl sites for hydroxylation is 1. The number of thioether (sulfide) groups is 1. The summed E-state index contributed by atoms with van der Waals surface area (Å²) in [6, 6.07) is 14.5. The summed E-state index contributed by atoms with van der Waals surface area (Å²) < 4.78 is 27.3. The molecule has 0 aliphatic carbocycles. The Morgan fingerprint density at radius 3 is 2.42 bits per heavy atom. The summed E-state index contributed by atoms with van der Waals surface area (Å²) >= 11 is 2.44. The van der Waals surface area contributed by atoms with Crippen molar-refractivity contribution in [1.29, 1.82) is 0 Å². The molecule has 31 heavy (non-hydrogen) atoms. The van der Waals surface area contributed by atoms with E-state index in [2.05, 4.69) is 10.0 Å². The third kappa shape index (κ3) is 5.87. The number of carbonyl (C=O) groups excluding carboxylic acids is 1. The number of carbonyl (C=O) groups is 2. The van der Waals surface area contributed by atoms with E-state index in [4.69, 9.17) is 5.11 Å². The zero-order valence-corrected chi connectivity index (χ0v) is 19.1. The summed E-state index contributed by atoms with van der Waals surface area (Å²) in [7, 11) is -3.61. The molecule has 3 aromatic rings. The molecule has 3 rings (SSSR count). The van der Waals surface area contributed by atoms with E-state index in [9.17, 15) is 18.0 Å². The van der Waals surface area contributed by atoms with Gasteiger partial charge in [0.15, 0.2) is 0 Å². The summed E-state index contributed by atoms with van der Waals surface area (Å²) in [4.78, 5) is 24.5. The Kier molecular flexibility index (Phi) is 7.04. The molecule has 1 aromatic heterocycles. The quantitative estimate of drug-likeness (QED) is 0.407. The molecule has 7 nitrogen and oxygen atoms in total. The first-order chi connectivity index (χ1) is 14.7. The zero-order valence-electron chi connectivity index (χ0n) is 16.7. The average molecular weight is 477 g/mol. The monoisotopic (exact) mass is 476 g/mol. The van der Waals surface area contributed by atoms with Crippen LogP contribution in [0.15, 0.2) is 69.1 Å². The summed E-state index contributed by atoms with van der Waals surface area (Å²) in [5.74, 6) is -1.33. The van der Waals surface area contributed by atoms with Gasteiger partial charge in [-0.05, 0) is 67.3 Å². The van der Waals surface area contributed by atoms with Crippen LogP contribution < -0.4 is 10.0 Å². The van der Waals surface area contributed by atoms with Crippen molar-refractivity contribution in [2.45, 2.75) is 28.2 Å². The Bertz CT molecular complexity index is 1190. The molecule has 1 amide bonds. The molecular weight excluding hydrogens is 456 g/mol. The van der Waals surface area contributed by atoms with E-state index in [1.807, 2.05) is 0 Å². The Hall–Kier alpha value is -2.82. The van der Waals surface area contributed by atoms with E-state index in [-0.39, 0.29) is 15.7 Å². The molecule has 0 aliphatic rings. The molecule has 2 aromatic carbocycles. The van der Waals surface area contributed by atoms with Crippen LogP contribution >= 0.6 is 23.1 Å². The van der Waals surface area contributed by atoms with Crippen LogP contribution in [0.5, 0.6) is 0 Å². The number of sulfonamides is 1. The zero-order chi connectivity index (χ0) is 22.6. The molecule has 0 radical (unpaired) electrons. The highest BCUT2D eigenvalue weighted by atomic mass is 32.2. The van der Waals surface area contributed by atoms with Crippen molar-refractivity contribution in [2.24, 2.45) is 0 Å². The lowest BCUT2D eigenvalue weighted by atomic mass is 10.1. The van der Waals surface area contributed by atoms with E-state index in [1.54, 1.807) is 55.6 Å². The lowest BCUT2D eigenvalue weighted by molar-refractivity contribution is -0.115. The molecule has 1 heterocycles. The number of carboxylic acids is 1. The molecule has 0 spiro atoms. The first-order valence-corrected chi connectivity index (χ1v) is 12.4. The van der Waals surface area contributed by atoms with Gasteiger partial charge < -0.3 is 10.4 Å². The van der Waals surface area contributed by atoms with Crippen LogP contribution in [-0.2, 0) is 14.8 Å². The van der Waals surface area contributed by atoms with Crippen molar-refractivity contribution in [1.82, 2.24) is 0 Å². The predicted octanol–water partition coefficient (Wildman–Crippen LogP) is 4.67. The summed E-state index contributed by atoms with van der Waals surface area (Å²) in [5, 5.41) is 13.1. The molecule has 0 aliphatic heterocycles. The number of rotatable bonds is 8. The summed E-state index contributed by atoms with van der Waals surface area (Å²) in [6.07, 6.45) is 0. The standard InChI is InChI=1S/C21H20N2O5S3/c1-13-5-6-15(21(25)26)12-18(13)22-20(24)14(2)30-17-9-7-16(8-10-17)23-31(27,28)19-4-3-11-29-19/h3-12,14,23H,1-2H3,(H,22,24)(H,25,26). The maximum absolute atomic E-state index is 12.6. The van der Waals surface area contributed by atoms with Gasteiger partial charge >= 0.3 is 5.97 Å². The fraction of sp³-hybridized carbons (Fsp3) is 0.143. The highest BCUT2D eigenvalue weighted by Gasteiger charge is 2.18. The number of benzene rings is 2. The van der Waals surface area contributed by atoms with E-state index < -0.39 is 21.2 Å². The fourth-order valence-electron chi connectivity index (χ4n) is 2.61. The average Bonchev–Trinajstić information content (AvgIpc) is 3.26. The SMILES string of the molecule is Cc1ccc(C(=O)O)cc1NC(=O)C(C)Sc1ccc(NS(=O)(=O)c2cccs2)cc1. The number of anilines is 2. The summed E-state index contributed by atoms with van der Waals surface area (Å²) in [6.45, 7) is 3.53. The fourth-order valence-corrected chi connectivity index (χ4v) is 5.52. The van der Waals surface area contributed by atoms with Crippen molar-refractivity contribution in [2.75, 3.05) is 10.0 Å². The van der Waals surface area contributed by atoms with Gasteiger partial charge in [0.2, 0.25) is 5.91 Å². The second-order valence-electron chi connectivity index (χ2n) is 6.65. The van der Waals surface area contributed by atoms with Gasteiger partial charge in [0.1, 0.15) is 4.21 Å². The van der Waals surface area contributed by atoms with E-state index in [1.165, 1.54) is 30.0 Å². The van der Waals surface area contributed by atoms with Gasteiger partial charge in [-0.3, -0.25) is 9.52 Å². The summed E-state index contributed by atoms with van der Waals surface area (Å²) in [5.41, 5.74) is 1.74. The number of amides is 1. The smallest absolute Gasteiger partial charge is 0.335 e. The molecular formula is C21H20N2O5S3. The van der Waals surface area contributed by atoms with Crippen LogP contribution in [0.4, 0.5) is 11.4 Å². The minimum Gasteiger partial charge on any atom is -0.478 e. The second-order valence-corrected chi connectivity index (χ2v) is 10.9. The number of hydrogen-bond acceptors (Lipinski definition) is 6. The molecule has 162 valence electrons. The van der Waals surface area contributed by atoms with Crippen molar-refractivity contribution >= 4 is 56.4 Å². The Balaban J connectivity index is 1.63.